The largest absolute Gasteiger partial charge is 0.416 e. The second kappa shape index (κ2) is 5.29. The Balaban J connectivity index is 2.30. The van der Waals surface area contributed by atoms with Crippen molar-refractivity contribution < 1.29 is 17.6 Å². The average Bonchev–Trinajstić information content (AvgIpc) is 2.41. The van der Waals surface area contributed by atoms with E-state index in [0.29, 0.717) is 0 Å². The Hall–Kier alpha value is -2.42. The lowest BCUT2D eigenvalue weighted by atomic mass is 10.2. The van der Waals surface area contributed by atoms with E-state index >= 15 is 0 Å². The first-order chi connectivity index (χ1) is 9.40. The fourth-order valence-corrected chi connectivity index (χ4v) is 1.43. The van der Waals surface area contributed by atoms with Crippen molar-refractivity contribution in [1.29, 1.82) is 0 Å². The van der Waals surface area contributed by atoms with Gasteiger partial charge >= 0.3 is 6.18 Å². The Morgan fingerprint density at radius 3 is 2.60 bits per heavy atom. The van der Waals surface area contributed by atoms with Gasteiger partial charge in [0.05, 0.1) is 11.8 Å². The lowest BCUT2D eigenvalue weighted by molar-refractivity contribution is -0.137. The number of nitrogens with two attached hydrogens (primary N) is 1. The van der Waals surface area contributed by atoms with Gasteiger partial charge in [0.1, 0.15) is 0 Å². The number of benzene rings is 1. The van der Waals surface area contributed by atoms with Crippen molar-refractivity contribution in [3.05, 3.63) is 41.8 Å². The predicted molar refractivity (Wildman–Crippen MR) is 64.5 cm³/mol. The van der Waals surface area contributed by atoms with Crippen molar-refractivity contribution in [2.24, 2.45) is 5.84 Å². The van der Waals surface area contributed by atoms with Gasteiger partial charge in [-0.05, 0) is 18.2 Å². The third-order valence-electron chi connectivity index (χ3n) is 2.33. The highest BCUT2D eigenvalue weighted by Gasteiger charge is 2.30. The zero-order valence-electron chi connectivity index (χ0n) is 9.87. The van der Waals surface area contributed by atoms with Crippen molar-refractivity contribution >= 4 is 17.5 Å². The van der Waals surface area contributed by atoms with E-state index in [1.54, 1.807) is 0 Å². The van der Waals surface area contributed by atoms with Gasteiger partial charge in [-0.1, -0.05) is 6.07 Å². The topological polar surface area (TPSA) is 75.9 Å². The number of anilines is 3. The summed E-state index contributed by atoms with van der Waals surface area (Å²) in [6.07, 6.45) is -3.63. The van der Waals surface area contributed by atoms with Crippen LogP contribution in [0.1, 0.15) is 5.56 Å². The van der Waals surface area contributed by atoms with Crippen molar-refractivity contribution in [3.63, 3.8) is 0 Å². The van der Waals surface area contributed by atoms with Crippen molar-refractivity contribution in [1.82, 2.24) is 9.97 Å². The number of hydrogen-bond acceptors (Lipinski definition) is 5. The first-order valence-electron chi connectivity index (χ1n) is 5.33. The standard InChI is InChI=1S/C11H9F4N5/c12-8-5-17-10(20-16)19-9(8)18-7-3-1-2-6(4-7)11(13,14)15/h1-5H,16H2,(H2,17,18,19,20). The van der Waals surface area contributed by atoms with Gasteiger partial charge in [-0.25, -0.2) is 15.2 Å². The molecule has 2 aromatic rings. The van der Waals surface area contributed by atoms with Crippen molar-refractivity contribution in [2.45, 2.75) is 6.18 Å². The van der Waals surface area contributed by atoms with Gasteiger partial charge < -0.3 is 5.32 Å². The van der Waals surface area contributed by atoms with E-state index < -0.39 is 17.6 Å². The van der Waals surface area contributed by atoms with Crippen LogP contribution in [-0.2, 0) is 6.18 Å². The number of nitrogens with zero attached hydrogens (tertiary/aromatic N) is 2. The van der Waals surface area contributed by atoms with E-state index in [1.165, 1.54) is 12.1 Å². The summed E-state index contributed by atoms with van der Waals surface area (Å²) in [6.45, 7) is 0. The van der Waals surface area contributed by atoms with Crippen LogP contribution in [0.15, 0.2) is 30.5 Å². The molecule has 0 atom stereocenters. The van der Waals surface area contributed by atoms with E-state index in [4.69, 9.17) is 5.84 Å². The summed E-state index contributed by atoms with van der Waals surface area (Å²) < 4.78 is 51.1. The molecule has 2 rings (SSSR count). The number of alkyl halides is 3. The van der Waals surface area contributed by atoms with Gasteiger partial charge in [0.25, 0.3) is 0 Å². The van der Waals surface area contributed by atoms with Crippen LogP contribution in [0.4, 0.5) is 35.0 Å². The zero-order chi connectivity index (χ0) is 14.8. The second-order valence-corrected chi connectivity index (χ2v) is 3.74. The Labute approximate surface area is 110 Å². The first-order valence-corrected chi connectivity index (χ1v) is 5.33. The monoisotopic (exact) mass is 287 g/mol. The van der Waals surface area contributed by atoms with Crippen molar-refractivity contribution in [2.75, 3.05) is 10.7 Å². The maximum atomic E-state index is 13.4. The number of hydrazine groups is 1. The van der Waals surface area contributed by atoms with Crippen LogP contribution < -0.4 is 16.6 Å². The molecule has 0 aliphatic rings. The average molecular weight is 287 g/mol. The summed E-state index contributed by atoms with van der Waals surface area (Å²) in [5.74, 6) is 3.90. The van der Waals surface area contributed by atoms with Crippen LogP contribution in [0.2, 0.25) is 0 Å². The van der Waals surface area contributed by atoms with E-state index in [1.807, 2.05) is 0 Å². The molecular formula is C11H9F4N5. The number of halogens is 4. The molecule has 5 nitrogen and oxygen atoms in total. The first kappa shape index (κ1) is 14.0. The third kappa shape index (κ3) is 3.12. The lowest BCUT2D eigenvalue weighted by Gasteiger charge is -2.11. The maximum Gasteiger partial charge on any atom is 0.416 e. The number of nitrogens with one attached hydrogen (secondary N) is 2. The second-order valence-electron chi connectivity index (χ2n) is 3.74. The molecule has 20 heavy (non-hydrogen) atoms. The predicted octanol–water partition coefficient (Wildman–Crippen LogP) is 2.66. The fraction of sp³-hybridized carbons (Fsp3) is 0.0909. The van der Waals surface area contributed by atoms with Crippen LogP contribution in [0.5, 0.6) is 0 Å². The highest BCUT2D eigenvalue weighted by Crippen LogP contribution is 2.31. The third-order valence-corrected chi connectivity index (χ3v) is 2.33. The van der Waals surface area contributed by atoms with E-state index in [-0.39, 0.29) is 17.5 Å². The number of rotatable bonds is 3. The molecule has 106 valence electrons. The molecule has 0 aliphatic carbocycles. The molecule has 1 heterocycles. The molecular weight excluding hydrogens is 278 g/mol. The number of hydrogen-bond donors (Lipinski definition) is 3. The fourth-order valence-electron chi connectivity index (χ4n) is 1.43. The summed E-state index contributed by atoms with van der Waals surface area (Å²) in [4.78, 5) is 7.18. The van der Waals surface area contributed by atoms with Crippen LogP contribution >= 0.6 is 0 Å². The summed E-state index contributed by atoms with van der Waals surface area (Å²) >= 11 is 0. The summed E-state index contributed by atoms with van der Waals surface area (Å²) in [5, 5.41) is 2.44. The number of aromatic nitrogens is 2. The van der Waals surface area contributed by atoms with Gasteiger partial charge in [0.2, 0.25) is 5.95 Å². The summed E-state index contributed by atoms with van der Waals surface area (Å²) in [7, 11) is 0. The summed E-state index contributed by atoms with van der Waals surface area (Å²) in [5.41, 5.74) is 1.30. The molecule has 0 amide bonds. The minimum atomic E-state index is -4.48. The van der Waals surface area contributed by atoms with Crippen LogP contribution in [0.3, 0.4) is 0 Å². The minimum Gasteiger partial charge on any atom is -0.338 e. The van der Waals surface area contributed by atoms with Crippen molar-refractivity contribution in [3.8, 4) is 0 Å². The molecule has 1 aromatic heterocycles. The Morgan fingerprint density at radius 1 is 1.20 bits per heavy atom. The normalized spacial score (nSPS) is 11.2. The molecule has 0 spiro atoms. The zero-order valence-corrected chi connectivity index (χ0v) is 9.87. The highest BCUT2D eigenvalue weighted by atomic mass is 19.4. The van der Waals surface area contributed by atoms with Crippen LogP contribution in [0.25, 0.3) is 0 Å². The number of nitrogen functional groups attached to an aromatic ring is 1. The van der Waals surface area contributed by atoms with E-state index in [9.17, 15) is 17.6 Å². The minimum absolute atomic E-state index is 0.0420. The molecule has 0 fully saturated rings. The molecule has 0 saturated heterocycles. The molecule has 9 heteroatoms. The molecule has 0 aliphatic heterocycles. The van der Waals surface area contributed by atoms with Crippen LogP contribution in [-0.4, -0.2) is 9.97 Å². The highest BCUT2D eigenvalue weighted by molar-refractivity contribution is 5.58. The Morgan fingerprint density at radius 2 is 1.95 bits per heavy atom. The maximum absolute atomic E-state index is 13.4. The van der Waals surface area contributed by atoms with Gasteiger partial charge in [-0.15, -0.1) is 0 Å². The van der Waals surface area contributed by atoms with E-state index in [0.717, 1.165) is 18.3 Å². The Bertz CT molecular complexity index is 614. The Kier molecular flexibility index (Phi) is 3.70. The van der Waals surface area contributed by atoms with E-state index in [2.05, 4.69) is 20.7 Å². The molecule has 0 unspecified atom stereocenters. The summed E-state index contributed by atoms with van der Waals surface area (Å²) in [6, 6.07) is 4.31. The molecule has 0 bridgehead atoms. The molecule has 1 aromatic carbocycles. The molecule has 0 saturated carbocycles. The molecule has 0 radical (unpaired) electrons. The quantitative estimate of drug-likeness (QED) is 0.459. The lowest BCUT2D eigenvalue weighted by Crippen LogP contribution is -2.12. The van der Waals surface area contributed by atoms with Gasteiger partial charge in [0.15, 0.2) is 11.6 Å². The van der Waals surface area contributed by atoms with Gasteiger partial charge in [-0.2, -0.15) is 18.2 Å². The van der Waals surface area contributed by atoms with Crippen LogP contribution in [0, 0.1) is 5.82 Å². The van der Waals surface area contributed by atoms with Gasteiger partial charge in [-0.3, -0.25) is 5.43 Å². The molecule has 4 N–H and O–H groups in total. The smallest absolute Gasteiger partial charge is 0.338 e. The van der Waals surface area contributed by atoms with Gasteiger partial charge in [0, 0.05) is 5.69 Å². The SMILES string of the molecule is NNc1ncc(F)c(Nc2cccc(C(F)(F)F)c2)n1.